The summed E-state index contributed by atoms with van der Waals surface area (Å²) in [6.45, 7) is 1.24. The van der Waals surface area contributed by atoms with Gasteiger partial charge in [-0.3, -0.25) is 15.1 Å². The van der Waals surface area contributed by atoms with E-state index in [4.69, 9.17) is 4.74 Å². The molecular formula is C18H22N4O3. The highest BCUT2D eigenvalue weighted by Crippen LogP contribution is 2.17. The Morgan fingerprint density at radius 1 is 1.16 bits per heavy atom. The van der Waals surface area contributed by atoms with Crippen LogP contribution in [-0.4, -0.2) is 31.6 Å². The van der Waals surface area contributed by atoms with Crippen molar-refractivity contribution >= 4 is 11.6 Å². The van der Waals surface area contributed by atoms with E-state index in [0.29, 0.717) is 19.0 Å². The second-order valence-corrected chi connectivity index (χ2v) is 5.34. The Kier molecular flexibility index (Phi) is 6.76. The lowest BCUT2D eigenvalue weighted by Gasteiger charge is -2.13. The summed E-state index contributed by atoms with van der Waals surface area (Å²) in [6, 6.07) is 14.4. The van der Waals surface area contributed by atoms with Crippen LogP contribution < -0.4 is 15.4 Å². The molecule has 2 aromatic rings. The first-order valence-electron chi connectivity index (χ1n) is 7.93. The SMILES string of the molecule is CN=C(NCCc1ccccc1OC)NCc1ccc([N+](=O)[O-])cc1. The quantitative estimate of drug-likeness (QED) is 0.349. The monoisotopic (exact) mass is 342 g/mol. The Labute approximate surface area is 146 Å². The zero-order chi connectivity index (χ0) is 18.1. The Hall–Kier alpha value is -3.09. The highest BCUT2D eigenvalue weighted by Gasteiger charge is 2.05. The molecule has 7 nitrogen and oxygen atoms in total. The van der Waals surface area contributed by atoms with E-state index in [1.165, 1.54) is 12.1 Å². The molecule has 0 saturated carbocycles. The molecule has 2 rings (SSSR count). The van der Waals surface area contributed by atoms with Crippen molar-refractivity contribution < 1.29 is 9.66 Å². The Morgan fingerprint density at radius 3 is 2.52 bits per heavy atom. The lowest BCUT2D eigenvalue weighted by atomic mass is 10.1. The molecule has 0 aliphatic rings. The average Bonchev–Trinajstić information content (AvgIpc) is 2.65. The Balaban J connectivity index is 1.81. The molecule has 0 aliphatic carbocycles. The smallest absolute Gasteiger partial charge is 0.269 e. The van der Waals surface area contributed by atoms with Crippen molar-refractivity contribution in [1.29, 1.82) is 0 Å². The highest BCUT2D eigenvalue weighted by molar-refractivity contribution is 5.79. The first-order chi connectivity index (χ1) is 12.1. The average molecular weight is 342 g/mol. The molecule has 2 N–H and O–H groups in total. The van der Waals surface area contributed by atoms with Gasteiger partial charge in [-0.1, -0.05) is 30.3 Å². The molecule has 132 valence electrons. The number of aliphatic imine (C=N–C) groups is 1. The van der Waals surface area contributed by atoms with E-state index < -0.39 is 4.92 Å². The molecule has 0 amide bonds. The maximum atomic E-state index is 10.7. The highest BCUT2D eigenvalue weighted by atomic mass is 16.6. The number of nitrogens with one attached hydrogen (secondary N) is 2. The number of nitro benzene ring substituents is 1. The number of nitro groups is 1. The van der Waals surface area contributed by atoms with Gasteiger partial charge >= 0.3 is 0 Å². The molecule has 7 heteroatoms. The van der Waals surface area contributed by atoms with Crippen LogP contribution in [0.5, 0.6) is 5.75 Å². The Morgan fingerprint density at radius 2 is 1.88 bits per heavy atom. The van der Waals surface area contributed by atoms with Gasteiger partial charge in [0.15, 0.2) is 5.96 Å². The third-order valence-electron chi connectivity index (χ3n) is 3.71. The van der Waals surface area contributed by atoms with Crippen molar-refractivity contribution in [2.75, 3.05) is 20.7 Å². The summed E-state index contributed by atoms with van der Waals surface area (Å²) in [5.74, 6) is 1.55. The summed E-state index contributed by atoms with van der Waals surface area (Å²) in [4.78, 5) is 14.4. The number of hydrogen-bond acceptors (Lipinski definition) is 4. The summed E-state index contributed by atoms with van der Waals surface area (Å²) >= 11 is 0. The van der Waals surface area contributed by atoms with E-state index in [1.54, 1.807) is 26.3 Å². The van der Waals surface area contributed by atoms with E-state index in [1.807, 2.05) is 24.3 Å². The molecule has 0 aliphatic heterocycles. The number of methoxy groups -OCH3 is 1. The predicted molar refractivity (Wildman–Crippen MR) is 98.0 cm³/mol. The Bertz CT molecular complexity index is 729. The first kappa shape index (κ1) is 18.3. The number of ether oxygens (including phenoxy) is 1. The predicted octanol–water partition coefficient (Wildman–Crippen LogP) is 2.51. The van der Waals surface area contributed by atoms with Gasteiger partial charge in [0, 0.05) is 32.3 Å². The number of rotatable bonds is 7. The summed E-state index contributed by atoms with van der Waals surface area (Å²) in [6.07, 6.45) is 0.808. The lowest BCUT2D eigenvalue weighted by molar-refractivity contribution is -0.384. The van der Waals surface area contributed by atoms with Crippen molar-refractivity contribution in [3.8, 4) is 5.75 Å². The number of benzene rings is 2. The van der Waals surface area contributed by atoms with Crippen LogP contribution in [0.1, 0.15) is 11.1 Å². The normalized spacial score (nSPS) is 11.0. The molecule has 0 saturated heterocycles. The molecule has 0 unspecified atom stereocenters. The van der Waals surface area contributed by atoms with Crippen LogP contribution in [0.2, 0.25) is 0 Å². The van der Waals surface area contributed by atoms with Crippen molar-refractivity contribution in [3.63, 3.8) is 0 Å². The fourth-order valence-corrected chi connectivity index (χ4v) is 2.37. The lowest BCUT2D eigenvalue weighted by Crippen LogP contribution is -2.37. The molecule has 0 atom stereocenters. The van der Waals surface area contributed by atoms with Crippen LogP contribution in [0.25, 0.3) is 0 Å². The van der Waals surface area contributed by atoms with Crippen molar-refractivity contribution in [3.05, 3.63) is 69.8 Å². The fraction of sp³-hybridized carbons (Fsp3) is 0.278. The molecule has 0 bridgehead atoms. The van der Waals surface area contributed by atoms with Gasteiger partial charge < -0.3 is 15.4 Å². The maximum Gasteiger partial charge on any atom is 0.269 e. The van der Waals surface area contributed by atoms with E-state index >= 15 is 0 Å². The van der Waals surface area contributed by atoms with Crippen LogP contribution in [0.3, 0.4) is 0 Å². The fourth-order valence-electron chi connectivity index (χ4n) is 2.37. The van der Waals surface area contributed by atoms with E-state index in [-0.39, 0.29) is 5.69 Å². The summed E-state index contributed by atoms with van der Waals surface area (Å²) < 4.78 is 5.34. The van der Waals surface area contributed by atoms with Crippen molar-refractivity contribution in [2.45, 2.75) is 13.0 Å². The summed E-state index contributed by atoms with van der Waals surface area (Å²) in [5, 5.41) is 17.1. The zero-order valence-corrected chi connectivity index (χ0v) is 14.4. The van der Waals surface area contributed by atoms with Crippen molar-refractivity contribution in [2.24, 2.45) is 4.99 Å². The van der Waals surface area contributed by atoms with Crippen LogP contribution in [-0.2, 0) is 13.0 Å². The number of non-ortho nitro benzene ring substituents is 1. The number of guanidine groups is 1. The molecule has 0 fully saturated rings. The molecule has 0 heterocycles. The molecule has 0 spiro atoms. The molecule has 25 heavy (non-hydrogen) atoms. The first-order valence-corrected chi connectivity index (χ1v) is 7.93. The van der Waals surface area contributed by atoms with E-state index in [2.05, 4.69) is 15.6 Å². The molecule has 0 radical (unpaired) electrons. The summed E-state index contributed by atoms with van der Waals surface area (Å²) in [7, 11) is 3.37. The van der Waals surface area contributed by atoms with Gasteiger partial charge in [0.2, 0.25) is 0 Å². The standard InChI is InChI=1S/C18H22N4O3/c1-19-18(20-12-11-15-5-3-4-6-17(15)25-2)21-13-14-7-9-16(10-8-14)22(23)24/h3-10H,11-13H2,1-2H3,(H2,19,20,21). The van der Waals surface area contributed by atoms with Crippen molar-refractivity contribution in [1.82, 2.24) is 10.6 Å². The van der Waals surface area contributed by atoms with Crippen LogP contribution in [0.15, 0.2) is 53.5 Å². The number of hydrogen-bond donors (Lipinski definition) is 2. The minimum Gasteiger partial charge on any atom is -0.496 e. The second kappa shape index (κ2) is 9.27. The topological polar surface area (TPSA) is 88.8 Å². The minimum absolute atomic E-state index is 0.0862. The number of para-hydroxylation sites is 1. The number of nitrogens with zero attached hydrogens (tertiary/aromatic N) is 2. The van der Waals surface area contributed by atoms with Gasteiger partial charge in [-0.2, -0.15) is 0 Å². The third-order valence-corrected chi connectivity index (χ3v) is 3.71. The maximum absolute atomic E-state index is 10.7. The molecule has 2 aromatic carbocycles. The zero-order valence-electron chi connectivity index (χ0n) is 14.4. The van der Waals surface area contributed by atoms with Crippen LogP contribution in [0.4, 0.5) is 5.69 Å². The van der Waals surface area contributed by atoms with Gasteiger partial charge in [0.25, 0.3) is 5.69 Å². The van der Waals surface area contributed by atoms with Crippen LogP contribution in [0, 0.1) is 10.1 Å². The van der Waals surface area contributed by atoms with Gasteiger partial charge in [0.1, 0.15) is 5.75 Å². The third kappa shape index (κ3) is 5.49. The van der Waals surface area contributed by atoms with Gasteiger partial charge in [-0.15, -0.1) is 0 Å². The summed E-state index contributed by atoms with van der Waals surface area (Å²) in [5.41, 5.74) is 2.16. The van der Waals surface area contributed by atoms with Gasteiger partial charge in [0.05, 0.1) is 12.0 Å². The molecular weight excluding hydrogens is 320 g/mol. The van der Waals surface area contributed by atoms with Gasteiger partial charge in [-0.05, 0) is 23.6 Å². The minimum atomic E-state index is -0.407. The van der Waals surface area contributed by atoms with E-state index in [0.717, 1.165) is 23.3 Å². The van der Waals surface area contributed by atoms with E-state index in [9.17, 15) is 10.1 Å². The van der Waals surface area contributed by atoms with Crippen LogP contribution >= 0.6 is 0 Å². The second-order valence-electron chi connectivity index (χ2n) is 5.34. The molecule has 0 aromatic heterocycles. The largest absolute Gasteiger partial charge is 0.496 e. The van der Waals surface area contributed by atoms with Gasteiger partial charge in [-0.25, -0.2) is 0 Å².